The van der Waals surface area contributed by atoms with Gasteiger partial charge in [0.2, 0.25) is 8.32 Å². The van der Waals surface area contributed by atoms with Crippen LogP contribution in [0.1, 0.15) is 47.0 Å². The molecule has 0 spiro atoms. The minimum atomic E-state index is -1.79. The van der Waals surface area contributed by atoms with Gasteiger partial charge in [-0.15, -0.1) is 0 Å². The molecule has 0 N–H and O–H groups in total. The number of hydrogen-bond donors (Lipinski definition) is 0. The highest BCUT2D eigenvalue weighted by Gasteiger charge is 2.40. The van der Waals surface area contributed by atoms with E-state index in [9.17, 15) is 5.26 Å². The average molecular weight is 251 g/mol. The van der Waals surface area contributed by atoms with Crippen LogP contribution in [0.2, 0.25) is 18.1 Å². The smallest absolute Gasteiger partial charge is 0.250 e. The summed E-state index contributed by atoms with van der Waals surface area (Å²) in [6.07, 6.45) is 3.21. The van der Waals surface area contributed by atoms with Crippen molar-refractivity contribution < 1.29 is 4.43 Å². The van der Waals surface area contributed by atoms with Crippen LogP contribution < -0.4 is 0 Å². The molecule has 1 rings (SSSR count). The van der Waals surface area contributed by atoms with Crippen molar-refractivity contribution in [3.63, 3.8) is 0 Å². The predicted molar refractivity (Wildman–Crippen MR) is 73.9 cm³/mol. The second kappa shape index (κ2) is 4.86. The van der Waals surface area contributed by atoms with E-state index in [1.165, 1.54) is 0 Å². The summed E-state index contributed by atoms with van der Waals surface area (Å²) < 4.78 is 6.31. The molecule has 0 aliphatic heterocycles. The van der Waals surface area contributed by atoms with Crippen LogP contribution in [0.3, 0.4) is 0 Å². The van der Waals surface area contributed by atoms with Gasteiger partial charge in [0.1, 0.15) is 0 Å². The van der Waals surface area contributed by atoms with E-state index in [-0.39, 0.29) is 5.04 Å². The van der Waals surface area contributed by atoms with Gasteiger partial charge >= 0.3 is 0 Å². The van der Waals surface area contributed by atoms with E-state index in [0.717, 1.165) is 30.6 Å². The molecule has 2 nitrogen and oxygen atoms in total. The van der Waals surface area contributed by atoms with Gasteiger partial charge in [-0.05, 0) is 36.9 Å². The third-order valence-electron chi connectivity index (χ3n) is 4.14. The summed E-state index contributed by atoms with van der Waals surface area (Å²) >= 11 is 0. The molecule has 0 amide bonds. The fourth-order valence-electron chi connectivity index (χ4n) is 1.86. The summed E-state index contributed by atoms with van der Waals surface area (Å²) in [6, 6.07) is 2.35. The molecule has 1 atom stereocenters. The molecule has 0 aromatic rings. The quantitative estimate of drug-likeness (QED) is 0.672. The summed E-state index contributed by atoms with van der Waals surface area (Å²) in [5, 5.41) is 9.45. The Balaban J connectivity index is 2.98. The van der Waals surface area contributed by atoms with Crippen LogP contribution >= 0.6 is 0 Å². The summed E-state index contributed by atoms with van der Waals surface area (Å²) in [6.45, 7) is 13.3. The average Bonchev–Trinajstić information content (AvgIpc) is 2.15. The van der Waals surface area contributed by atoms with Crippen molar-refractivity contribution in [1.82, 2.24) is 0 Å². The van der Waals surface area contributed by atoms with E-state index in [1.807, 2.05) is 0 Å². The number of hydrogen-bond acceptors (Lipinski definition) is 2. The van der Waals surface area contributed by atoms with Crippen molar-refractivity contribution >= 4 is 8.32 Å². The van der Waals surface area contributed by atoms with E-state index in [0.29, 0.717) is 5.92 Å². The first-order valence-corrected chi connectivity index (χ1v) is 9.42. The third-order valence-corrected chi connectivity index (χ3v) is 8.51. The summed E-state index contributed by atoms with van der Waals surface area (Å²) in [5.41, 5.74) is 0.890. The van der Waals surface area contributed by atoms with Crippen LogP contribution in [0.5, 0.6) is 0 Å². The van der Waals surface area contributed by atoms with E-state index in [4.69, 9.17) is 4.43 Å². The van der Waals surface area contributed by atoms with Crippen molar-refractivity contribution in [2.24, 2.45) is 5.92 Å². The Morgan fingerprint density at radius 3 is 2.41 bits per heavy atom. The summed E-state index contributed by atoms with van der Waals surface area (Å²) in [5.74, 6) is 1.35. The van der Waals surface area contributed by atoms with Gasteiger partial charge in [0.15, 0.2) is 0 Å². The van der Waals surface area contributed by atoms with Gasteiger partial charge in [0, 0.05) is 6.42 Å². The zero-order valence-corrected chi connectivity index (χ0v) is 13.1. The molecule has 0 aromatic heterocycles. The minimum absolute atomic E-state index is 0.196. The molecular weight excluding hydrogens is 226 g/mol. The highest BCUT2D eigenvalue weighted by Crippen LogP contribution is 2.41. The molecular formula is C14H25NOSi. The molecule has 17 heavy (non-hydrogen) atoms. The lowest BCUT2D eigenvalue weighted by Gasteiger charge is -2.38. The van der Waals surface area contributed by atoms with E-state index in [2.05, 4.69) is 46.9 Å². The van der Waals surface area contributed by atoms with E-state index in [1.54, 1.807) is 0 Å². The van der Waals surface area contributed by atoms with E-state index < -0.39 is 8.32 Å². The lowest BCUT2D eigenvalue weighted by Crippen LogP contribution is -2.41. The first-order chi connectivity index (χ1) is 7.69. The summed E-state index contributed by atoms with van der Waals surface area (Å²) in [4.78, 5) is 0. The number of nitrogens with zero attached hydrogens (tertiary/aromatic N) is 1. The lowest BCUT2D eigenvalue weighted by atomic mass is 9.89. The molecule has 0 saturated carbocycles. The molecule has 0 saturated heterocycles. The van der Waals surface area contributed by atoms with Crippen molar-refractivity contribution in [3.05, 3.63) is 11.3 Å². The zero-order chi connectivity index (χ0) is 13.3. The van der Waals surface area contributed by atoms with Gasteiger partial charge < -0.3 is 4.43 Å². The molecule has 1 unspecified atom stereocenters. The molecule has 1 aliphatic rings. The van der Waals surface area contributed by atoms with Crippen LogP contribution in [0.15, 0.2) is 11.3 Å². The van der Waals surface area contributed by atoms with Crippen LogP contribution in [0.4, 0.5) is 0 Å². The Kier molecular flexibility index (Phi) is 4.09. The molecule has 0 heterocycles. The van der Waals surface area contributed by atoms with Crippen molar-refractivity contribution in [2.45, 2.75) is 65.1 Å². The zero-order valence-electron chi connectivity index (χ0n) is 12.1. The predicted octanol–water partition coefficient (Wildman–Crippen LogP) is 4.61. The first kappa shape index (κ1) is 14.3. The van der Waals surface area contributed by atoms with Crippen LogP contribution in [0.25, 0.3) is 0 Å². The van der Waals surface area contributed by atoms with Crippen molar-refractivity contribution in [1.29, 1.82) is 5.26 Å². The molecule has 0 radical (unpaired) electrons. The lowest BCUT2D eigenvalue weighted by molar-refractivity contribution is 0.333. The standard InChI is InChI=1S/C14H25NOSi/c1-11-8-7-9-13(12(11)10-15)16-17(5,6)14(2,3)4/h11H,7-9H2,1-6H3. The highest BCUT2D eigenvalue weighted by atomic mass is 28.4. The maximum atomic E-state index is 9.26. The topological polar surface area (TPSA) is 33.0 Å². The van der Waals surface area contributed by atoms with Gasteiger partial charge in [-0.3, -0.25) is 0 Å². The number of allylic oxidation sites excluding steroid dienone is 2. The SMILES string of the molecule is CC1CCCC(O[Si](C)(C)C(C)(C)C)=C1C#N. The second-order valence-corrected chi connectivity index (χ2v) is 11.3. The van der Waals surface area contributed by atoms with Crippen LogP contribution in [0, 0.1) is 17.2 Å². The molecule has 3 heteroatoms. The fraction of sp³-hybridized carbons (Fsp3) is 0.786. The summed E-state index contributed by atoms with van der Waals surface area (Å²) in [7, 11) is -1.79. The van der Waals surface area contributed by atoms with Gasteiger partial charge in [-0.2, -0.15) is 5.26 Å². The van der Waals surface area contributed by atoms with E-state index >= 15 is 0 Å². The van der Waals surface area contributed by atoms with Crippen molar-refractivity contribution in [3.8, 4) is 6.07 Å². The Hall–Kier alpha value is -0.753. The third kappa shape index (κ3) is 3.13. The second-order valence-electron chi connectivity index (χ2n) is 6.60. The molecule has 96 valence electrons. The number of nitriles is 1. The van der Waals surface area contributed by atoms with Gasteiger partial charge in [-0.1, -0.05) is 27.7 Å². The Labute approximate surface area is 107 Å². The minimum Gasteiger partial charge on any atom is -0.546 e. The van der Waals surface area contributed by atoms with Gasteiger partial charge in [0.25, 0.3) is 0 Å². The molecule has 0 fully saturated rings. The van der Waals surface area contributed by atoms with Crippen LogP contribution in [-0.4, -0.2) is 8.32 Å². The Bertz CT molecular complexity index is 357. The first-order valence-electron chi connectivity index (χ1n) is 6.51. The monoisotopic (exact) mass is 251 g/mol. The Morgan fingerprint density at radius 2 is 1.94 bits per heavy atom. The molecule has 0 bridgehead atoms. The maximum Gasteiger partial charge on any atom is 0.250 e. The Morgan fingerprint density at radius 1 is 1.35 bits per heavy atom. The fourth-order valence-corrected chi connectivity index (χ4v) is 3.00. The largest absolute Gasteiger partial charge is 0.546 e. The molecule has 0 aromatic carbocycles. The molecule has 1 aliphatic carbocycles. The number of rotatable bonds is 2. The van der Waals surface area contributed by atoms with Gasteiger partial charge in [-0.25, -0.2) is 0 Å². The normalized spacial score (nSPS) is 22.3. The van der Waals surface area contributed by atoms with Gasteiger partial charge in [0.05, 0.1) is 17.4 Å². The van der Waals surface area contributed by atoms with Crippen molar-refractivity contribution in [2.75, 3.05) is 0 Å². The van der Waals surface area contributed by atoms with Crippen LogP contribution in [-0.2, 0) is 4.43 Å². The highest BCUT2D eigenvalue weighted by molar-refractivity contribution is 6.74. The maximum absolute atomic E-state index is 9.26.